The summed E-state index contributed by atoms with van der Waals surface area (Å²) >= 11 is 1.80. The average molecular weight is 370 g/mol. The van der Waals surface area contributed by atoms with Crippen LogP contribution in [0.1, 0.15) is 26.3 Å². The van der Waals surface area contributed by atoms with E-state index in [1.807, 2.05) is 6.07 Å². The molecule has 0 spiro atoms. The lowest BCUT2D eigenvalue weighted by Gasteiger charge is -2.39. The number of benzene rings is 2. The zero-order valence-corrected chi connectivity index (χ0v) is 16.8. The molecule has 0 saturated carbocycles. The van der Waals surface area contributed by atoms with E-state index in [2.05, 4.69) is 67.0 Å². The number of nitrogens with zero attached hydrogens (tertiary/aromatic N) is 2. The average Bonchev–Trinajstić information content (AvgIpc) is 2.68. The van der Waals surface area contributed by atoms with Crippen LogP contribution in [-0.2, 0) is 4.74 Å². The van der Waals surface area contributed by atoms with Crippen molar-refractivity contribution >= 4 is 29.0 Å². The molecule has 26 heavy (non-hydrogen) atoms. The second-order valence-electron chi connectivity index (χ2n) is 6.49. The van der Waals surface area contributed by atoms with E-state index in [1.54, 1.807) is 18.9 Å². The molecular weight excluding hydrogens is 342 g/mol. The number of rotatable bonds is 6. The van der Waals surface area contributed by atoms with Crippen LogP contribution in [0.4, 0.5) is 11.4 Å². The molecule has 4 nitrogen and oxygen atoms in total. The molecule has 1 atom stereocenters. The molecule has 0 bridgehead atoms. The van der Waals surface area contributed by atoms with E-state index in [-0.39, 0.29) is 5.90 Å². The van der Waals surface area contributed by atoms with Crippen LogP contribution in [0.5, 0.6) is 0 Å². The summed E-state index contributed by atoms with van der Waals surface area (Å²) in [5.41, 5.74) is 3.21. The minimum absolute atomic E-state index is 0.202. The summed E-state index contributed by atoms with van der Waals surface area (Å²) in [6.07, 6.45) is 0. The molecule has 1 N–H and O–H groups in total. The van der Waals surface area contributed by atoms with E-state index in [1.165, 1.54) is 15.5 Å². The Morgan fingerprint density at radius 3 is 2.50 bits per heavy atom. The molecule has 1 heterocycles. The number of hydrogen-bond acceptors (Lipinski definition) is 5. The van der Waals surface area contributed by atoms with Gasteiger partial charge in [-0.25, -0.2) is 0 Å². The summed E-state index contributed by atoms with van der Waals surface area (Å²) in [6.45, 7) is 9.80. The molecule has 1 unspecified atom stereocenters. The molecule has 1 aliphatic rings. The predicted octanol–water partition coefficient (Wildman–Crippen LogP) is 4.99. The first-order valence-corrected chi connectivity index (χ1v) is 9.96. The van der Waals surface area contributed by atoms with E-state index in [0.717, 1.165) is 30.9 Å². The van der Waals surface area contributed by atoms with Crippen LogP contribution >= 0.6 is 11.8 Å². The quantitative estimate of drug-likeness (QED) is 0.575. The molecule has 5 heteroatoms. The number of anilines is 2. The summed E-state index contributed by atoms with van der Waals surface area (Å²) in [7, 11) is 1.55. The van der Waals surface area contributed by atoms with Gasteiger partial charge in [-0.3, -0.25) is 5.41 Å². The monoisotopic (exact) mass is 369 g/mol. The Morgan fingerprint density at radius 2 is 1.81 bits per heavy atom. The van der Waals surface area contributed by atoms with Crippen LogP contribution in [0, 0.1) is 5.41 Å². The minimum Gasteiger partial charge on any atom is -0.481 e. The highest BCUT2D eigenvalue weighted by atomic mass is 32.2. The molecule has 0 fully saturated rings. The summed E-state index contributed by atoms with van der Waals surface area (Å²) in [6, 6.07) is 15.1. The number of fused-ring (bicyclic) bond motifs is 2. The van der Waals surface area contributed by atoms with Crippen LogP contribution in [0.3, 0.4) is 0 Å². The third-order valence-corrected chi connectivity index (χ3v) is 6.02. The number of hydrogen-bond donors (Lipinski definition) is 1. The van der Waals surface area contributed by atoms with Gasteiger partial charge >= 0.3 is 0 Å². The molecule has 0 aliphatic carbocycles. The van der Waals surface area contributed by atoms with Gasteiger partial charge in [0.25, 0.3) is 0 Å². The Bertz CT molecular complexity index is 789. The molecule has 0 radical (unpaired) electrons. The topological polar surface area (TPSA) is 39.6 Å². The van der Waals surface area contributed by atoms with Gasteiger partial charge < -0.3 is 14.5 Å². The van der Waals surface area contributed by atoms with Gasteiger partial charge in [-0.2, -0.15) is 0 Å². The first-order valence-electron chi connectivity index (χ1n) is 9.14. The number of likely N-dealkylation sites (N-methyl/N-ethyl adjacent to an activating group) is 1. The third kappa shape index (κ3) is 3.60. The molecule has 3 rings (SSSR count). The van der Waals surface area contributed by atoms with Crippen molar-refractivity contribution in [2.75, 3.05) is 31.6 Å². The third-order valence-electron chi connectivity index (χ3n) is 4.89. The fraction of sp³-hybridized carbons (Fsp3) is 0.381. The van der Waals surface area contributed by atoms with Gasteiger partial charge in [-0.15, -0.1) is 0 Å². The largest absolute Gasteiger partial charge is 0.481 e. The van der Waals surface area contributed by atoms with Crippen molar-refractivity contribution in [3.8, 4) is 0 Å². The van der Waals surface area contributed by atoms with Gasteiger partial charge in [0.1, 0.15) is 0 Å². The van der Waals surface area contributed by atoms with E-state index in [9.17, 15) is 0 Å². The zero-order valence-electron chi connectivity index (χ0n) is 16.0. The second-order valence-corrected chi connectivity index (χ2v) is 7.57. The summed E-state index contributed by atoms with van der Waals surface area (Å²) in [5.74, 6) is 0.202. The van der Waals surface area contributed by atoms with Gasteiger partial charge in [0, 0.05) is 27.9 Å². The lowest BCUT2D eigenvalue weighted by Crippen LogP contribution is -2.41. The molecule has 0 amide bonds. The smallest absolute Gasteiger partial charge is 0.212 e. The fourth-order valence-electron chi connectivity index (χ4n) is 3.45. The highest BCUT2D eigenvalue weighted by Gasteiger charge is 2.28. The van der Waals surface area contributed by atoms with Crippen molar-refractivity contribution in [1.82, 2.24) is 4.90 Å². The minimum atomic E-state index is 0.202. The van der Waals surface area contributed by atoms with Crippen molar-refractivity contribution in [2.24, 2.45) is 0 Å². The fourth-order valence-corrected chi connectivity index (χ4v) is 4.51. The first kappa shape index (κ1) is 18.8. The van der Waals surface area contributed by atoms with E-state index >= 15 is 0 Å². The highest BCUT2D eigenvalue weighted by molar-refractivity contribution is 7.99. The number of para-hydroxylation sites is 1. The van der Waals surface area contributed by atoms with Crippen LogP contribution in [0.25, 0.3) is 0 Å². The molecular formula is C21H27N3OS. The Morgan fingerprint density at radius 1 is 1.12 bits per heavy atom. The van der Waals surface area contributed by atoms with Crippen LogP contribution in [0.15, 0.2) is 52.3 Å². The molecule has 138 valence electrons. The van der Waals surface area contributed by atoms with Crippen LogP contribution in [0.2, 0.25) is 0 Å². The molecule has 0 saturated heterocycles. The molecule has 2 aromatic rings. The maximum Gasteiger partial charge on any atom is 0.212 e. The van der Waals surface area contributed by atoms with Crippen LogP contribution in [-0.4, -0.2) is 43.6 Å². The Balaban J connectivity index is 2.05. The van der Waals surface area contributed by atoms with Crippen molar-refractivity contribution in [3.05, 3.63) is 48.0 Å². The maximum absolute atomic E-state index is 8.03. The lowest BCUT2D eigenvalue weighted by atomic mass is 10.1. The SMILES string of the molecule is CCN(CC)CC(C)N1c2ccccc2Sc2ccc(C(=N)OC)cc21. The second kappa shape index (κ2) is 8.14. The molecule has 0 aromatic heterocycles. The van der Waals surface area contributed by atoms with Gasteiger partial charge in [0.15, 0.2) is 0 Å². The standard InChI is InChI=1S/C21H27N3OS/c1-5-23(6-2)14-15(3)24-17-9-7-8-10-19(17)26-20-12-11-16(13-18(20)24)21(22)25-4/h7-13,15,22H,5-6,14H2,1-4H3. The van der Waals surface area contributed by atoms with Gasteiger partial charge in [0.05, 0.1) is 18.5 Å². The van der Waals surface area contributed by atoms with Gasteiger partial charge in [-0.05, 0) is 50.3 Å². The van der Waals surface area contributed by atoms with Crippen molar-refractivity contribution < 1.29 is 4.74 Å². The number of nitrogens with one attached hydrogen (secondary N) is 1. The van der Waals surface area contributed by atoms with Crippen molar-refractivity contribution in [2.45, 2.75) is 36.6 Å². The summed E-state index contributed by atoms with van der Waals surface area (Å²) < 4.78 is 5.14. The normalized spacial score (nSPS) is 14.0. The van der Waals surface area contributed by atoms with E-state index in [0.29, 0.717) is 6.04 Å². The molecule has 1 aliphatic heterocycles. The highest BCUT2D eigenvalue weighted by Crippen LogP contribution is 2.49. The van der Waals surface area contributed by atoms with E-state index < -0.39 is 0 Å². The maximum atomic E-state index is 8.03. The van der Waals surface area contributed by atoms with E-state index in [4.69, 9.17) is 10.1 Å². The molecule has 2 aromatic carbocycles. The first-order chi connectivity index (χ1) is 12.6. The van der Waals surface area contributed by atoms with Gasteiger partial charge in [0.2, 0.25) is 5.90 Å². The lowest BCUT2D eigenvalue weighted by molar-refractivity contribution is 0.288. The predicted molar refractivity (Wildman–Crippen MR) is 110 cm³/mol. The van der Waals surface area contributed by atoms with Crippen molar-refractivity contribution in [3.63, 3.8) is 0 Å². The zero-order chi connectivity index (χ0) is 18.7. The Labute approximate surface area is 160 Å². The Kier molecular flexibility index (Phi) is 5.89. The van der Waals surface area contributed by atoms with Crippen molar-refractivity contribution in [1.29, 1.82) is 5.41 Å². The number of methoxy groups -OCH3 is 1. The number of ether oxygens (including phenoxy) is 1. The Hall–Kier alpha value is -1.98. The van der Waals surface area contributed by atoms with Crippen LogP contribution < -0.4 is 4.90 Å². The summed E-state index contributed by atoms with van der Waals surface area (Å²) in [5, 5.41) is 8.03. The van der Waals surface area contributed by atoms with Gasteiger partial charge in [-0.1, -0.05) is 37.7 Å². The summed E-state index contributed by atoms with van der Waals surface area (Å²) in [4.78, 5) is 7.38.